The Morgan fingerprint density at radius 3 is 2.28 bits per heavy atom. The first-order valence-electron chi connectivity index (χ1n) is 10.0. The SMILES string of the molecule is CCOC(C)OC[C@@H]1C[C@H](C(C)=O)N(C(=O)OC(C)(C)C)[C@H]1C(CO)NC(C)=O. The van der Waals surface area contributed by atoms with E-state index in [0.29, 0.717) is 13.0 Å². The van der Waals surface area contributed by atoms with Gasteiger partial charge in [0.05, 0.1) is 31.3 Å². The van der Waals surface area contributed by atoms with Crippen LogP contribution in [-0.4, -0.2) is 77.6 Å². The third-order valence-electron chi connectivity index (χ3n) is 4.68. The summed E-state index contributed by atoms with van der Waals surface area (Å²) in [6, 6.07) is -2.16. The van der Waals surface area contributed by atoms with Gasteiger partial charge in [-0.15, -0.1) is 0 Å². The third-order valence-corrected chi connectivity index (χ3v) is 4.68. The highest BCUT2D eigenvalue weighted by molar-refractivity contribution is 5.86. The molecule has 9 heteroatoms. The lowest BCUT2D eigenvalue weighted by molar-refractivity contribution is -0.138. The smallest absolute Gasteiger partial charge is 0.411 e. The van der Waals surface area contributed by atoms with Crippen LogP contribution in [0.5, 0.6) is 0 Å². The number of hydrogen-bond acceptors (Lipinski definition) is 7. The molecule has 0 aliphatic carbocycles. The minimum absolute atomic E-state index is 0.194. The summed E-state index contributed by atoms with van der Waals surface area (Å²) in [7, 11) is 0. The van der Waals surface area contributed by atoms with Gasteiger partial charge in [-0.3, -0.25) is 14.5 Å². The van der Waals surface area contributed by atoms with Crippen molar-refractivity contribution in [1.29, 1.82) is 0 Å². The lowest BCUT2D eigenvalue weighted by atomic mass is 9.93. The summed E-state index contributed by atoms with van der Waals surface area (Å²) < 4.78 is 16.7. The van der Waals surface area contributed by atoms with Crippen LogP contribution in [0.25, 0.3) is 0 Å². The van der Waals surface area contributed by atoms with E-state index in [1.54, 1.807) is 27.7 Å². The molecule has 0 saturated carbocycles. The van der Waals surface area contributed by atoms with Crippen molar-refractivity contribution in [2.75, 3.05) is 19.8 Å². The fraction of sp³-hybridized carbons (Fsp3) is 0.850. The second-order valence-corrected chi connectivity index (χ2v) is 8.35. The van der Waals surface area contributed by atoms with Crippen molar-refractivity contribution in [3.63, 3.8) is 0 Å². The van der Waals surface area contributed by atoms with Crippen LogP contribution in [0, 0.1) is 5.92 Å². The van der Waals surface area contributed by atoms with Crippen molar-refractivity contribution >= 4 is 17.8 Å². The van der Waals surface area contributed by atoms with Crippen molar-refractivity contribution in [3.8, 4) is 0 Å². The summed E-state index contributed by atoms with van der Waals surface area (Å²) in [5.41, 5.74) is -0.760. The van der Waals surface area contributed by atoms with Crippen LogP contribution in [0.15, 0.2) is 0 Å². The Morgan fingerprint density at radius 2 is 1.83 bits per heavy atom. The molecule has 0 aromatic carbocycles. The Balaban J connectivity index is 3.23. The molecule has 2 amide bonds. The van der Waals surface area contributed by atoms with Crippen LogP contribution in [0.2, 0.25) is 0 Å². The molecule has 0 spiro atoms. The zero-order chi connectivity index (χ0) is 22.4. The second kappa shape index (κ2) is 10.9. The molecule has 1 rings (SSSR count). The van der Waals surface area contributed by atoms with Gasteiger partial charge in [0.1, 0.15) is 5.60 Å². The second-order valence-electron chi connectivity index (χ2n) is 8.35. The number of carbonyl (C=O) groups is 3. The molecule has 2 unspecified atom stereocenters. The predicted molar refractivity (Wildman–Crippen MR) is 106 cm³/mol. The number of likely N-dealkylation sites (tertiary alicyclic amines) is 1. The van der Waals surface area contributed by atoms with E-state index < -0.39 is 42.7 Å². The summed E-state index contributed by atoms with van der Waals surface area (Å²) in [4.78, 5) is 38.3. The van der Waals surface area contributed by atoms with Crippen LogP contribution in [-0.2, 0) is 23.8 Å². The lowest BCUT2D eigenvalue weighted by Crippen LogP contribution is -2.57. The molecule has 9 nitrogen and oxygen atoms in total. The highest BCUT2D eigenvalue weighted by Gasteiger charge is 2.50. The summed E-state index contributed by atoms with van der Waals surface area (Å²) in [5, 5.41) is 12.6. The monoisotopic (exact) mass is 416 g/mol. The number of nitrogens with one attached hydrogen (secondary N) is 1. The average molecular weight is 417 g/mol. The standard InChI is InChI=1S/C20H36N2O7/c1-8-27-14(4)28-11-15-9-17(12(2)24)22(19(26)29-20(5,6)7)18(15)16(10-23)21-13(3)25/h14-18,23H,8-11H2,1-7H3,(H,21,25)/t14?,15-,16?,17+,18+/m0/s1. The highest BCUT2D eigenvalue weighted by atomic mass is 16.7. The molecule has 1 aliphatic heterocycles. The van der Waals surface area contributed by atoms with Gasteiger partial charge >= 0.3 is 6.09 Å². The molecule has 0 radical (unpaired) electrons. The molecule has 1 saturated heterocycles. The fourth-order valence-electron chi connectivity index (χ4n) is 3.63. The number of aliphatic hydroxyl groups is 1. The Kier molecular flexibility index (Phi) is 9.51. The number of carbonyl (C=O) groups excluding carboxylic acids is 3. The quantitative estimate of drug-likeness (QED) is 0.547. The topological polar surface area (TPSA) is 114 Å². The van der Waals surface area contributed by atoms with Gasteiger partial charge in [-0.05, 0) is 48.0 Å². The van der Waals surface area contributed by atoms with Crippen LogP contribution >= 0.6 is 0 Å². The lowest BCUT2D eigenvalue weighted by Gasteiger charge is -2.37. The number of aliphatic hydroxyl groups excluding tert-OH is 1. The molecule has 0 aromatic heterocycles. The zero-order valence-electron chi connectivity index (χ0n) is 18.6. The maximum absolute atomic E-state index is 13.0. The van der Waals surface area contributed by atoms with E-state index in [9.17, 15) is 19.5 Å². The van der Waals surface area contributed by atoms with Gasteiger partial charge in [0.25, 0.3) is 0 Å². The Labute approximate surface area is 173 Å². The zero-order valence-corrected chi connectivity index (χ0v) is 18.6. The molecular weight excluding hydrogens is 380 g/mol. The molecule has 1 heterocycles. The van der Waals surface area contributed by atoms with Gasteiger partial charge in [-0.1, -0.05) is 0 Å². The minimum Gasteiger partial charge on any atom is -0.444 e. The van der Waals surface area contributed by atoms with Crippen molar-refractivity contribution < 1.29 is 33.7 Å². The maximum Gasteiger partial charge on any atom is 0.411 e. The predicted octanol–water partition coefficient (Wildman–Crippen LogP) is 1.47. The van der Waals surface area contributed by atoms with E-state index in [-0.39, 0.29) is 24.2 Å². The Morgan fingerprint density at radius 1 is 1.21 bits per heavy atom. The number of Topliss-reactive ketones (excluding diaryl/α,β-unsaturated/α-hetero) is 1. The largest absolute Gasteiger partial charge is 0.444 e. The van der Waals surface area contributed by atoms with Crippen molar-refractivity contribution in [2.24, 2.45) is 5.92 Å². The normalized spacial score (nSPS) is 24.1. The molecular formula is C20H36N2O7. The molecule has 1 aliphatic rings. The van der Waals surface area contributed by atoms with Crippen LogP contribution in [0.1, 0.15) is 54.9 Å². The van der Waals surface area contributed by atoms with Gasteiger partial charge < -0.3 is 24.6 Å². The number of amides is 2. The first kappa shape index (κ1) is 25.3. The van der Waals surface area contributed by atoms with Gasteiger partial charge in [-0.25, -0.2) is 4.79 Å². The summed E-state index contributed by atoms with van der Waals surface area (Å²) in [6.07, 6.45) is -0.777. The molecule has 0 bridgehead atoms. The summed E-state index contributed by atoms with van der Waals surface area (Å²) in [6.45, 7) is 11.9. The van der Waals surface area contributed by atoms with Crippen molar-refractivity contribution in [2.45, 2.75) is 84.9 Å². The van der Waals surface area contributed by atoms with Crippen LogP contribution in [0.3, 0.4) is 0 Å². The van der Waals surface area contributed by atoms with E-state index in [4.69, 9.17) is 14.2 Å². The van der Waals surface area contributed by atoms with Crippen molar-refractivity contribution in [1.82, 2.24) is 10.2 Å². The van der Waals surface area contributed by atoms with Gasteiger partial charge in [0.15, 0.2) is 12.1 Å². The van der Waals surface area contributed by atoms with E-state index in [0.717, 1.165) is 0 Å². The molecule has 29 heavy (non-hydrogen) atoms. The van der Waals surface area contributed by atoms with Crippen LogP contribution in [0.4, 0.5) is 4.79 Å². The summed E-state index contributed by atoms with van der Waals surface area (Å²) in [5.74, 6) is -0.842. The Bertz CT molecular complexity index is 576. The number of ether oxygens (including phenoxy) is 3. The number of rotatable bonds is 9. The fourth-order valence-corrected chi connectivity index (χ4v) is 3.63. The molecule has 168 valence electrons. The van der Waals surface area contributed by atoms with E-state index in [1.165, 1.54) is 18.7 Å². The Hall–Kier alpha value is -1.71. The van der Waals surface area contributed by atoms with Crippen molar-refractivity contribution in [3.05, 3.63) is 0 Å². The van der Waals surface area contributed by atoms with E-state index >= 15 is 0 Å². The first-order valence-corrected chi connectivity index (χ1v) is 10.0. The van der Waals surface area contributed by atoms with Gasteiger partial charge in [-0.2, -0.15) is 0 Å². The number of ketones is 1. The number of nitrogens with zero attached hydrogens (tertiary/aromatic N) is 1. The van der Waals surface area contributed by atoms with Crippen LogP contribution < -0.4 is 5.32 Å². The maximum atomic E-state index is 13.0. The van der Waals surface area contributed by atoms with E-state index in [2.05, 4.69) is 5.32 Å². The molecule has 2 N–H and O–H groups in total. The first-order chi connectivity index (χ1) is 13.4. The van der Waals surface area contributed by atoms with E-state index in [1.807, 2.05) is 6.92 Å². The summed E-state index contributed by atoms with van der Waals surface area (Å²) >= 11 is 0. The highest BCUT2D eigenvalue weighted by Crippen LogP contribution is 2.34. The molecule has 1 fully saturated rings. The average Bonchev–Trinajstić information content (AvgIpc) is 2.96. The molecule has 0 aromatic rings. The third kappa shape index (κ3) is 7.56. The molecule has 5 atom stereocenters. The van der Waals surface area contributed by atoms with Gasteiger partial charge in [0, 0.05) is 19.4 Å². The minimum atomic E-state index is -0.764. The number of hydrogen-bond donors (Lipinski definition) is 2. The van der Waals surface area contributed by atoms with Gasteiger partial charge in [0.2, 0.25) is 5.91 Å².